The molecule has 0 aromatic carbocycles. The van der Waals surface area contributed by atoms with E-state index in [-0.39, 0.29) is 19.3 Å². The summed E-state index contributed by atoms with van der Waals surface area (Å²) in [6, 6.07) is -0.0732. The first-order valence-electron chi connectivity index (χ1n) is 8.83. The number of ether oxygens (including phenoxy) is 2. The Labute approximate surface area is 154 Å². The second kappa shape index (κ2) is 9.33. The van der Waals surface area contributed by atoms with Crippen LogP contribution in [0.3, 0.4) is 0 Å². The van der Waals surface area contributed by atoms with Crippen molar-refractivity contribution in [3.05, 3.63) is 35.0 Å². The van der Waals surface area contributed by atoms with Crippen LogP contribution in [-0.2, 0) is 6.61 Å². The number of aliphatic hydroxyl groups excluding tert-OH is 1. The predicted molar refractivity (Wildman–Crippen MR) is 101 cm³/mol. The lowest BCUT2D eigenvalue weighted by Crippen LogP contribution is -2.24. The number of aromatic nitrogens is 3. The zero-order chi connectivity index (χ0) is 19.1. The predicted octanol–water partition coefficient (Wildman–Crippen LogP) is 2.96. The smallest absolute Gasteiger partial charge is 0.180 e. The molecule has 0 aliphatic carbocycles. The van der Waals surface area contributed by atoms with Crippen LogP contribution in [0.2, 0.25) is 0 Å². The molecule has 0 radical (unpaired) electrons. The third-order valence-electron chi connectivity index (χ3n) is 4.19. The van der Waals surface area contributed by atoms with E-state index in [0.29, 0.717) is 17.4 Å². The molecule has 0 unspecified atom stereocenters. The number of rotatable bonds is 9. The summed E-state index contributed by atoms with van der Waals surface area (Å²) >= 11 is 0. The second-order valence-corrected chi connectivity index (χ2v) is 6.28. The Morgan fingerprint density at radius 1 is 1.19 bits per heavy atom. The van der Waals surface area contributed by atoms with Crippen LogP contribution >= 0.6 is 0 Å². The number of aryl methyl sites for hydroxylation is 2. The summed E-state index contributed by atoms with van der Waals surface area (Å²) in [5.74, 6) is 2.58. The Morgan fingerprint density at radius 2 is 1.96 bits per heavy atom. The van der Waals surface area contributed by atoms with Gasteiger partial charge in [-0.25, -0.2) is 9.97 Å². The van der Waals surface area contributed by atoms with Gasteiger partial charge in [-0.05, 0) is 27.2 Å². The molecule has 0 saturated heterocycles. The van der Waals surface area contributed by atoms with E-state index in [0.717, 1.165) is 35.4 Å². The first-order chi connectivity index (χ1) is 12.5. The van der Waals surface area contributed by atoms with Gasteiger partial charge < -0.3 is 19.9 Å². The molecule has 0 spiro atoms. The van der Waals surface area contributed by atoms with Crippen LogP contribution < -0.4 is 14.8 Å². The van der Waals surface area contributed by atoms with E-state index in [1.54, 1.807) is 19.5 Å². The van der Waals surface area contributed by atoms with Gasteiger partial charge in [-0.15, -0.1) is 0 Å². The molecule has 26 heavy (non-hydrogen) atoms. The Balaban J connectivity index is 2.19. The maximum Gasteiger partial charge on any atom is 0.180 e. The van der Waals surface area contributed by atoms with E-state index >= 15 is 0 Å². The van der Waals surface area contributed by atoms with Gasteiger partial charge in [0.15, 0.2) is 11.6 Å². The minimum absolute atomic E-state index is 0.0339. The van der Waals surface area contributed by atoms with E-state index in [2.05, 4.69) is 27.2 Å². The number of nitrogens with zero attached hydrogens (tertiary/aromatic N) is 3. The average Bonchev–Trinajstić information content (AvgIpc) is 2.62. The molecule has 142 valence electrons. The topological polar surface area (TPSA) is 89.4 Å². The van der Waals surface area contributed by atoms with Crippen LogP contribution in [0.4, 0.5) is 5.82 Å². The van der Waals surface area contributed by atoms with E-state index in [9.17, 15) is 5.11 Å². The molecule has 7 nitrogen and oxygen atoms in total. The quantitative estimate of drug-likeness (QED) is 0.710. The highest BCUT2D eigenvalue weighted by atomic mass is 16.5. The lowest BCUT2D eigenvalue weighted by atomic mass is 10.1. The average molecular weight is 360 g/mol. The van der Waals surface area contributed by atoms with Gasteiger partial charge in [-0.1, -0.05) is 13.3 Å². The van der Waals surface area contributed by atoms with E-state index in [1.807, 2.05) is 20.8 Å². The SMILES string of the molecule is CCC[C@@H](CO)Nc1nc(C)ncc1OCc1ncc(C)c(OC)c1C. The largest absolute Gasteiger partial charge is 0.496 e. The maximum absolute atomic E-state index is 9.54. The molecule has 0 saturated carbocycles. The van der Waals surface area contributed by atoms with Crippen molar-refractivity contribution in [2.24, 2.45) is 0 Å². The number of methoxy groups -OCH3 is 1. The molecule has 2 aromatic heterocycles. The van der Waals surface area contributed by atoms with Crippen LogP contribution in [-0.4, -0.2) is 39.8 Å². The van der Waals surface area contributed by atoms with Gasteiger partial charge in [-0.2, -0.15) is 0 Å². The van der Waals surface area contributed by atoms with Crippen molar-refractivity contribution in [2.45, 2.75) is 53.2 Å². The summed E-state index contributed by atoms with van der Waals surface area (Å²) in [6.45, 7) is 8.13. The lowest BCUT2D eigenvalue weighted by molar-refractivity contribution is 0.266. The van der Waals surface area contributed by atoms with Gasteiger partial charge in [0, 0.05) is 17.3 Å². The first kappa shape index (κ1) is 19.9. The van der Waals surface area contributed by atoms with Crippen molar-refractivity contribution >= 4 is 5.82 Å². The number of nitrogens with one attached hydrogen (secondary N) is 1. The zero-order valence-electron chi connectivity index (χ0n) is 16.2. The van der Waals surface area contributed by atoms with Crippen LogP contribution in [0.25, 0.3) is 0 Å². The Hall–Kier alpha value is -2.41. The molecule has 2 N–H and O–H groups in total. The van der Waals surface area contributed by atoms with Crippen molar-refractivity contribution in [2.75, 3.05) is 19.0 Å². The van der Waals surface area contributed by atoms with Crippen LogP contribution in [0.1, 0.15) is 42.4 Å². The Kier molecular flexibility index (Phi) is 7.15. The molecule has 2 aromatic rings. The van der Waals surface area contributed by atoms with Crippen molar-refractivity contribution in [1.29, 1.82) is 0 Å². The number of hydrogen-bond acceptors (Lipinski definition) is 7. The van der Waals surface area contributed by atoms with Crippen molar-refractivity contribution in [1.82, 2.24) is 15.0 Å². The van der Waals surface area contributed by atoms with Crippen LogP contribution in [0.5, 0.6) is 11.5 Å². The fraction of sp³-hybridized carbons (Fsp3) is 0.526. The van der Waals surface area contributed by atoms with Crippen molar-refractivity contribution in [3.8, 4) is 11.5 Å². The third kappa shape index (κ3) is 4.82. The first-order valence-corrected chi connectivity index (χ1v) is 8.83. The number of hydrogen-bond donors (Lipinski definition) is 2. The van der Waals surface area contributed by atoms with Gasteiger partial charge in [0.1, 0.15) is 18.2 Å². The minimum atomic E-state index is -0.0732. The lowest BCUT2D eigenvalue weighted by Gasteiger charge is -2.19. The summed E-state index contributed by atoms with van der Waals surface area (Å²) in [6.07, 6.45) is 5.23. The van der Waals surface area contributed by atoms with Gasteiger partial charge in [0.05, 0.1) is 31.6 Å². The Bertz CT molecular complexity index is 737. The maximum atomic E-state index is 9.54. The van der Waals surface area contributed by atoms with Crippen molar-refractivity contribution in [3.63, 3.8) is 0 Å². The monoisotopic (exact) mass is 360 g/mol. The highest BCUT2D eigenvalue weighted by Crippen LogP contribution is 2.27. The molecular weight excluding hydrogens is 332 g/mol. The summed E-state index contributed by atoms with van der Waals surface area (Å²) < 4.78 is 11.4. The standard InChI is InChI=1S/C19H28N4O3/c1-6-7-15(10-24)23-19-17(9-20-14(4)22-19)26-11-16-13(3)18(25-5)12(2)8-21-16/h8-9,15,24H,6-7,10-11H2,1-5H3,(H,20,22,23)/t15-/m0/s1. The number of aliphatic hydroxyl groups is 1. The fourth-order valence-corrected chi connectivity index (χ4v) is 2.78. The van der Waals surface area contributed by atoms with E-state index in [4.69, 9.17) is 9.47 Å². The normalized spacial score (nSPS) is 11.9. The molecule has 2 rings (SSSR count). The molecule has 2 heterocycles. The van der Waals surface area contributed by atoms with E-state index in [1.165, 1.54) is 0 Å². The minimum Gasteiger partial charge on any atom is -0.496 e. The molecule has 0 aliphatic rings. The number of anilines is 1. The summed E-state index contributed by atoms with van der Waals surface area (Å²) in [4.78, 5) is 13.1. The third-order valence-corrected chi connectivity index (χ3v) is 4.19. The summed E-state index contributed by atoms with van der Waals surface area (Å²) in [7, 11) is 1.65. The summed E-state index contributed by atoms with van der Waals surface area (Å²) in [5.41, 5.74) is 2.74. The molecular formula is C19H28N4O3. The van der Waals surface area contributed by atoms with Gasteiger partial charge in [0.2, 0.25) is 0 Å². The van der Waals surface area contributed by atoms with Crippen molar-refractivity contribution < 1.29 is 14.6 Å². The highest BCUT2D eigenvalue weighted by Gasteiger charge is 2.15. The second-order valence-electron chi connectivity index (χ2n) is 6.28. The molecule has 0 amide bonds. The number of pyridine rings is 1. The Morgan fingerprint density at radius 3 is 2.62 bits per heavy atom. The van der Waals surface area contributed by atoms with E-state index < -0.39 is 0 Å². The molecule has 0 fully saturated rings. The molecule has 1 atom stereocenters. The van der Waals surface area contributed by atoms with Crippen LogP contribution in [0, 0.1) is 20.8 Å². The molecule has 0 bridgehead atoms. The van der Waals surface area contributed by atoms with Crippen LogP contribution in [0.15, 0.2) is 12.4 Å². The van der Waals surface area contributed by atoms with Gasteiger partial charge >= 0.3 is 0 Å². The zero-order valence-corrected chi connectivity index (χ0v) is 16.2. The van der Waals surface area contributed by atoms with Gasteiger partial charge in [-0.3, -0.25) is 4.98 Å². The van der Waals surface area contributed by atoms with Gasteiger partial charge in [0.25, 0.3) is 0 Å². The fourth-order valence-electron chi connectivity index (χ4n) is 2.78. The molecule has 7 heteroatoms. The molecule has 0 aliphatic heterocycles. The summed E-state index contributed by atoms with van der Waals surface area (Å²) in [5, 5.41) is 12.8. The highest BCUT2D eigenvalue weighted by molar-refractivity contribution is 5.49.